The van der Waals surface area contributed by atoms with Gasteiger partial charge in [-0.1, -0.05) is 38.2 Å². The minimum atomic E-state index is -3.60. The lowest BCUT2D eigenvalue weighted by molar-refractivity contribution is 0.384. The van der Waals surface area contributed by atoms with Crippen molar-refractivity contribution in [2.45, 2.75) is 31.1 Å². The fraction of sp³-hybridized carbons (Fsp3) is 0.500. The van der Waals surface area contributed by atoms with Crippen LogP contribution in [-0.2, 0) is 26.8 Å². The predicted molar refractivity (Wildman–Crippen MR) is 108 cm³/mol. The molecule has 2 aliphatic heterocycles. The Hall–Kier alpha value is -1.69. The molecule has 4 rings (SSSR count). The number of rotatable bonds is 3. The van der Waals surface area contributed by atoms with Gasteiger partial charge in [-0.15, -0.1) is 10.2 Å². The number of nitrogens with zero attached hydrogens (tertiary/aromatic N) is 6. The van der Waals surface area contributed by atoms with Crippen molar-refractivity contribution in [3.8, 4) is 0 Å². The molecule has 3 heterocycles. The molecule has 1 fully saturated rings. The van der Waals surface area contributed by atoms with E-state index in [0.717, 1.165) is 21.5 Å². The maximum atomic E-state index is 13.1. The highest BCUT2D eigenvalue weighted by atomic mass is 32.2. The third-order valence-corrected chi connectivity index (χ3v) is 8.31. The first-order valence-electron chi connectivity index (χ1n) is 8.57. The summed E-state index contributed by atoms with van der Waals surface area (Å²) in [6.07, 6.45) is 0. The largest absolute Gasteiger partial charge is 0.344 e. The summed E-state index contributed by atoms with van der Waals surface area (Å²) in [6.45, 7) is 8.30. The Morgan fingerprint density at radius 1 is 1.04 bits per heavy atom. The summed E-state index contributed by atoms with van der Waals surface area (Å²) >= 11 is 2.60. The second-order valence-corrected chi connectivity index (χ2v) is 10.8. The smallest absolute Gasteiger partial charge is 0.245 e. The van der Waals surface area contributed by atoms with Crippen LogP contribution in [0, 0.1) is 0 Å². The SMILES string of the molecule is CC(C)(C)c1nnc(N2CCN(S(=O)(=O)c3cccc4c3N=S=N4)CC2)s1. The van der Waals surface area contributed by atoms with Crippen molar-refractivity contribution < 1.29 is 8.42 Å². The van der Waals surface area contributed by atoms with Crippen LogP contribution in [0.15, 0.2) is 31.8 Å². The molecule has 144 valence electrons. The maximum Gasteiger partial charge on any atom is 0.245 e. The van der Waals surface area contributed by atoms with Crippen LogP contribution in [0.25, 0.3) is 0 Å². The topological polar surface area (TPSA) is 91.1 Å². The van der Waals surface area contributed by atoms with Gasteiger partial charge >= 0.3 is 0 Å². The van der Waals surface area contributed by atoms with Gasteiger partial charge in [-0.05, 0) is 12.1 Å². The number of aromatic nitrogens is 2. The highest BCUT2D eigenvalue weighted by Crippen LogP contribution is 2.39. The highest BCUT2D eigenvalue weighted by molar-refractivity contribution is 7.89. The third-order valence-electron chi connectivity index (χ3n) is 4.43. The lowest BCUT2D eigenvalue weighted by Crippen LogP contribution is -2.48. The van der Waals surface area contributed by atoms with Gasteiger partial charge in [0.2, 0.25) is 15.2 Å². The van der Waals surface area contributed by atoms with E-state index in [1.54, 1.807) is 29.5 Å². The van der Waals surface area contributed by atoms with Crippen molar-refractivity contribution in [3.05, 3.63) is 23.2 Å². The number of fused-ring (bicyclic) bond motifs is 1. The zero-order chi connectivity index (χ0) is 19.2. The molecule has 0 radical (unpaired) electrons. The van der Waals surface area contributed by atoms with Gasteiger partial charge in [0.15, 0.2) is 0 Å². The van der Waals surface area contributed by atoms with Gasteiger partial charge in [0.25, 0.3) is 0 Å². The van der Waals surface area contributed by atoms with Gasteiger partial charge in [-0.2, -0.15) is 13.0 Å². The van der Waals surface area contributed by atoms with E-state index >= 15 is 0 Å². The molecule has 0 N–H and O–H groups in total. The summed E-state index contributed by atoms with van der Waals surface area (Å²) in [6, 6.07) is 5.09. The number of anilines is 1. The Balaban J connectivity index is 1.50. The molecule has 2 aliphatic rings. The standard InChI is InChI=1S/C16H20N6O2S3/c1-16(2,3)14-17-18-15(25-14)21-7-9-22(10-8-21)27(23,24)12-6-4-5-11-13(12)20-26-19-11/h4-6H,7-10H2,1-3H3. The first-order valence-corrected chi connectivity index (χ1v) is 11.6. The minimum Gasteiger partial charge on any atom is -0.344 e. The molecule has 1 aromatic carbocycles. The lowest BCUT2D eigenvalue weighted by Gasteiger charge is -2.33. The first kappa shape index (κ1) is 18.7. The third kappa shape index (κ3) is 3.44. The minimum absolute atomic E-state index is 0.0403. The molecule has 0 atom stereocenters. The monoisotopic (exact) mass is 424 g/mol. The molecule has 0 amide bonds. The average molecular weight is 425 g/mol. The average Bonchev–Trinajstić information content (AvgIpc) is 3.30. The number of hydrogen-bond donors (Lipinski definition) is 0. The van der Waals surface area contributed by atoms with E-state index in [2.05, 4.69) is 44.6 Å². The summed E-state index contributed by atoms with van der Waals surface area (Å²) < 4.78 is 36.0. The van der Waals surface area contributed by atoms with Crippen molar-refractivity contribution in [2.24, 2.45) is 8.73 Å². The molecule has 0 spiro atoms. The predicted octanol–water partition coefficient (Wildman–Crippen LogP) is 3.07. The molecule has 0 unspecified atom stereocenters. The molecule has 11 heteroatoms. The Kier molecular flexibility index (Phi) is 4.65. The van der Waals surface area contributed by atoms with Crippen LogP contribution in [0.2, 0.25) is 0 Å². The summed E-state index contributed by atoms with van der Waals surface area (Å²) in [5.74, 6) is 0. The van der Waals surface area contributed by atoms with Crippen LogP contribution in [0.4, 0.5) is 16.5 Å². The zero-order valence-electron chi connectivity index (χ0n) is 15.3. The van der Waals surface area contributed by atoms with Crippen molar-refractivity contribution in [3.63, 3.8) is 0 Å². The molecule has 2 aromatic rings. The van der Waals surface area contributed by atoms with E-state index in [-0.39, 0.29) is 10.3 Å². The van der Waals surface area contributed by atoms with Crippen LogP contribution >= 0.6 is 11.3 Å². The van der Waals surface area contributed by atoms with Crippen molar-refractivity contribution >= 4 is 49.2 Å². The number of benzene rings is 1. The van der Waals surface area contributed by atoms with E-state index in [9.17, 15) is 8.42 Å². The van der Waals surface area contributed by atoms with E-state index in [0.29, 0.717) is 37.6 Å². The Morgan fingerprint density at radius 3 is 2.44 bits per heavy atom. The van der Waals surface area contributed by atoms with Crippen LogP contribution in [0.3, 0.4) is 0 Å². The summed E-state index contributed by atoms with van der Waals surface area (Å²) in [7, 11) is -3.60. The van der Waals surface area contributed by atoms with E-state index in [4.69, 9.17) is 0 Å². The van der Waals surface area contributed by atoms with E-state index < -0.39 is 10.0 Å². The Morgan fingerprint density at radius 2 is 1.78 bits per heavy atom. The number of hydrogen-bond acceptors (Lipinski definition) is 8. The Labute approximate surface area is 166 Å². The second kappa shape index (κ2) is 6.73. The van der Waals surface area contributed by atoms with Crippen molar-refractivity contribution in [2.75, 3.05) is 31.1 Å². The molecule has 1 saturated heterocycles. The molecule has 8 nitrogen and oxygen atoms in total. The van der Waals surface area contributed by atoms with E-state index in [1.807, 2.05) is 0 Å². The second-order valence-electron chi connectivity index (χ2n) is 7.42. The fourth-order valence-electron chi connectivity index (χ4n) is 2.89. The lowest BCUT2D eigenvalue weighted by atomic mass is 9.98. The van der Waals surface area contributed by atoms with E-state index in [1.165, 1.54) is 4.31 Å². The van der Waals surface area contributed by atoms with Gasteiger partial charge in [-0.3, -0.25) is 0 Å². The molecular formula is C16H20N6O2S3. The van der Waals surface area contributed by atoms with Gasteiger partial charge in [-0.25, -0.2) is 8.42 Å². The molecule has 27 heavy (non-hydrogen) atoms. The fourth-order valence-corrected chi connectivity index (χ4v) is 6.02. The van der Waals surface area contributed by atoms with Gasteiger partial charge in [0, 0.05) is 31.6 Å². The molecule has 1 aromatic heterocycles. The van der Waals surface area contributed by atoms with Crippen molar-refractivity contribution in [1.82, 2.24) is 14.5 Å². The number of piperazine rings is 1. The van der Waals surface area contributed by atoms with Gasteiger partial charge in [0.05, 0.1) is 11.4 Å². The Bertz CT molecular complexity index is 1040. The zero-order valence-corrected chi connectivity index (χ0v) is 17.7. The normalized spacial score (nSPS) is 17.8. The maximum absolute atomic E-state index is 13.1. The molecule has 0 aliphatic carbocycles. The van der Waals surface area contributed by atoms with Crippen LogP contribution in [-0.4, -0.2) is 49.1 Å². The van der Waals surface area contributed by atoms with Crippen molar-refractivity contribution in [1.29, 1.82) is 0 Å². The number of sulfonamides is 1. The van der Waals surface area contributed by atoms with Crippen LogP contribution in [0.5, 0.6) is 0 Å². The first-order chi connectivity index (χ1) is 12.8. The van der Waals surface area contributed by atoms with Gasteiger partial charge in [0.1, 0.15) is 21.3 Å². The summed E-state index contributed by atoms with van der Waals surface area (Å²) in [5, 5.41) is 10.4. The highest BCUT2D eigenvalue weighted by Gasteiger charge is 2.33. The summed E-state index contributed by atoms with van der Waals surface area (Å²) in [5.41, 5.74) is 1.02. The molecular weight excluding hydrogens is 404 g/mol. The molecule has 0 saturated carbocycles. The summed E-state index contributed by atoms with van der Waals surface area (Å²) in [4.78, 5) is 2.33. The van der Waals surface area contributed by atoms with Crippen LogP contribution < -0.4 is 4.90 Å². The quantitative estimate of drug-likeness (QED) is 0.644. The molecule has 0 bridgehead atoms. The van der Waals surface area contributed by atoms with Gasteiger partial charge < -0.3 is 4.90 Å². The van der Waals surface area contributed by atoms with Crippen LogP contribution in [0.1, 0.15) is 25.8 Å².